The normalized spacial score (nSPS) is 14.7. The Kier molecular flexibility index (Phi) is 5.12. The Morgan fingerprint density at radius 2 is 1.95 bits per heavy atom. The van der Waals surface area contributed by atoms with Crippen molar-refractivity contribution in [3.63, 3.8) is 0 Å². The first kappa shape index (κ1) is 14.5. The highest BCUT2D eigenvalue weighted by Gasteiger charge is 2.19. The third-order valence-electron chi connectivity index (χ3n) is 3.39. The zero-order valence-electron chi connectivity index (χ0n) is 11.8. The van der Waals surface area contributed by atoms with Crippen LogP contribution < -0.4 is 10.6 Å². The second-order valence-corrected chi connectivity index (χ2v) is 5.04. The molecular weight excluding hydrogens is 254 g/mol. The van der Waals surface area contributed by atoms with E-state index in [-0.39, 0.29) is 11.8 Å². The van der Waals surface area contributed by atoms with Crippen LogP contribution in [-0.2, 0) is 22.7 Å². The summed E-state index contributed by atoms with van der Waals surface area (Å²) in [6.07, 6.45) is 1.64. The van der Waals surface area contributed by atoms with Crippen LogP contribution in [0.4, 0.5) is 0 Å². The summed E-state index contributed by atoms with van der Waals surface area (Å²) in [6.45, 7) is 2.41. The number of rotatable bonds is 6. The molecule has 5 nitrogen and oxygen atoms in total. The van der Waals surface area contributed by atoms with E-state index in [2.05, 4.69) is 10.6 Å². The zero-order valence-corrected chi connectivity index (χ0v) is 11.8. The van der Waals surface area contributed by atoms with Gasteiger partial charge in [0.05, 0.1) is 6.54 Å². The molecule has 108 valence electrons. The van der Waals surface area contributed by atoms with E-state index in [0.29, 0.717) is 26.1 Å². The van der Waals surface area contributed by atoms with Crippen molar-refractivity contribution in [3.8, 4) is 0 Å². The van der Waals surface area contributed by atoms with Crippen molar-refractivity contribution in [2.45, 2.75) is 25.9 Å². The molecule has 0 bridgehead atoms. The molecule has 1 saturated heterocycles. The highest BCUT2D eigenvalue weighted by molar-refractivity contribution is 5.78. The minimum absolute atomic E-state index is 0.0146. The summed E-state index contributed by atoms with van der Waals surface area (Å²) in [4.78, 5) is 24.8. The Morgan fingerprint density at radius 1 is 1.25 bits per heavy atom. The first-order valence-electron chi connectivity index (χ1n) is 6.96. The molecule has 0 spiro atoms. The van der Waals surface area contributed by atoms with Gasteiger partial charge in [-0.2, -0.15) is 0 Å². The molecule has 1 aliphatic rings. The Balaban J connectivity index is 1.83. The Bertz CT molecular complexity index is 471. The van der Waals surface area contributed by atoms with E-state index in [1.807, 2.05) is 29.2 Å². The lowest BCUT2D eigenvalue weighted by molar-refractivity contribution is -0.128. The number of nitrogens with zero attached hydrogens (tertiary/aromatic N) is 1. The lowest BCUT2D eigenvalue weighted by Crippen LogP contribution is -2.31. The monoisotopic (exact) mass is 275 g/mol. The first-order chi connectivity index (χ1) is 9.69. The molecule has 1 aromatic carbocycles. The fourth-order valence-electron chi connectivity index (χ4n) is 2.28. The molecule has 0 radical (unpaired) electrons. The quantitative estimate of drug-likeness (QED) is 0.801. The van der Waals surface area contributed by atoms with E-state index < -0.39 is 0 Å². The van der Waals surface area contributed by atoms with Gasteiger partial charge in [-0.1, -0.05) is 24.3 Å². The summed E-state index contributed by atoms with van der Waals surface area (Å²) < 4.78 is 0. The first-order valence-corrected chi connectivity index (χ1v) is 6.96. The average Bonchev–Trinajstić information content (AvgIpc) is 2.84. The standard InChI is InChI=1S/C15H21N3O2/c1-16-10-14(19)17-9-12-4-6-13(7-5-12)11-18-8-2-3-15(18)20/h4-7,16H,2-3,8-11H2,1H3,(H,17,19). The zero-order chi connectivity index (χ0) is 14.4. The van der Waals surface area contributed by atoms with Crippen molar-refractivity contribution in [1.29, 1.82) is 0 Å². The fraction of sp³-hybridized carbons (Fsp3) is 0.467. The molecule has 0 aliphatic carbocycles. The maximum atomic E-state index is 11.6. The van der Waals surface area contributed by atoms with Crippen LogP contribution in [0.5, 0.6) is 0 Å². The van der Waals surface area contributed by atoms with E-state index in [4.69, 9.17) is 0 Å². The van der Waals surface area contributed by atoms with Gasteiger partial charge >= 0.3 is 0 Å². The number of amides is 2. The topological polar surface area (TPSA) is 61.4 Å². The van der Waals surface area contributed by atoms with E-state index in [9.17, 15) is 9.59 Å². The van der Waals surface area contributed by atoms with Crippen LogP contribution in [0.2, 0.25) is 0 Å². The molecule has 0 aromatic heterocycles. The van der Waals surface area contributed by atoms with Crippen molar-refractivity contribution in [2.75, 3.05) is 20.1 Å². The van der Waals surface area contributed by atoms with E-state index in [1.165, 1.54) is 0 Å². The maximum absolute atomic E-state index is 11.6. The van der Waals surface area contributed by atoms with Crippen LogP contribution in [0.3, 0.4) is 0 Å². The van der Waals surface area contributed by atoms with Gasteiger partial charge in [-0.15, -0.1) is 0 Å². The van der Waals surface area contributed by atoms with Gasteiger partial charge in [0.25, 0.3) is 0 Å². The summed E-state index contributed by atoms with van der Waals surface area (Å²) in [5, 5.41) is 5.64. The second kappa shape index (κ2) is 7.05. The van der Waals surface area contributed by atoms with Crippen LogP contribution in [0, 0.1) is 0 Å². The molecule has 1 aromatic rings. The summed E-state index contributed by atoms with van der Waals surface area (Å²) in [5.41, 5.74) is 2.19. The molecule has 1 heterocycles. The maximum Gasteiger partial charge on any atom is 0.234 e. The van der Waals surface area contributed by atoms with Crippen molar-refractivity contribution in [3.05, 3.63) is 35.4 Å². The number of nitrogens with one attached hydrogen (secondary N) is 2. The van der Waals surface area contributed by atoms with Crippen LogP contribution in [0.15, 0.2) is 24.3 Å². The molecule has 1 fully saturated rings. The van der Waals surface area contributed by atoms with Gasteiger partial charge in [0.2, 0.25) is 11.8 Å². The van der Waals surface area contributed by atoms with Crippen LogP contribution in [0.25, 0.3) is 0 Å². The largest absolute Gasteiger partial charge is 0.351 e. The number of benzene rings is 1. The molecule has 2 rings (SSSR count). The molecule has 0 unspecified atom stereocenters. The fourth-order valence-corrected chi connectivity index (χ4v) is 2.28. The molecule has 1 aliphatic heterocycles. The number of likely N-dealkylation sites (N-methyl/N-ethyl adjacent to an activating group) is 1. The van der Waals surface area contributed by atoms with Gasteiger partial charge in [0.1, 0.15) is 0 Å². The molecule has 2 N–H and O–H groups in total. The smallest absolute Gasteiger partial charge is 0.234 e. The van der Waals surface area contributed by atoms with Gasteiger partial charge in [0.15, 0.2) is 0 Å². The van der Waals surface area contributed by atoms with Gasteiger partial charge in [-0.25, -0.2) is 0 Å². The Labute approximate surface area is 119 Å². The van der Waals surface area contributed by atoms with E-state index >= 15 is 0 Å². The minimum Gasteiger partial charge on any atom is -0.351 e. The Hall–Kier alpha value is -1.88. The highest BCUT2D eigenvalue weighted by Crippen LogP contribution is 2.14. The molecule has 0 atom stereocenters. The van der Waals surface area contributed by atoms with Crippen molar-refractivity contribution < 1.29 is 9.59 Å². The highest BCUT2D eigenvalue weighted by atomic mass is 16.2. The molecule has 0 saturated carbocycles. The second-order valence-electron chi connectivity index (χ2n) is 5.04. The lowest BCUT2D eigenvalue weighted by Gasteiger charge is -2.15. The molecule has 2 amide bonds. The predicted octanol–water partition coefficient (Wildman–Crippen LogP) is 0.645. The van der Waals surface area contributed by atoms with Gasteiger partial charge < -0.3 is 15.5 Å². The summed E-state index contributed by atoms with van der Waals surface area (Å²) in [5.74, 6) is 0.229. The number of hydrogen-bond donors (Lipinski definition) is 2. The number of hydrogen-bond acceptors (Lipinski definition) is 3. The number of likely N-dealkylation sites (tertiary alicyclic amines) is 1. The molecule has 5 heteroatoms. The van der Waals surface area contributed by atoms with Crippen molar-refractivity contribution in [2.24, 2.45) is 0 Å². The van der Waals surface area contributed by atoms with Gasteiger partial charge in [0, 0.05) is 26.1 Å². The third-order valence-corrected chi connectivity index (χ3v) is 3.39. The van der Waals surface area contributed by atoms with E-state index in [0.717, 1.165) is 24.1 Å². The molecular formula is C15H21N3O2. The van der Waals surface area contributed by atoms with Crippen LogP contribution >= 0.6 is 0 Å². The number of carbonyl (C=O) groups is 2. The lowest BCUT2D eigenvalue weighted by atomic mass is 10.1. The third kappa shape index (κ3) is 4.06. The minimum atomic E-state index is -0.0146. The summed E-state index contributed by atoms with van der Waals surface area (Å²) in [7, 11) is 1.74. The SMILES string of the molecule is CNCC(=O)NCc1ccc(CN2CCCC2=O)cc1. The van der Waals surface area contributed by atoms with Crippen molar-refractivity contribution in [1.82, 2.24) is 15.5 Å². The number of carbonyl (C=O) groups excluding carboxylic acids is 2. The molecule has 20 heavy (non-hydrogen) atoms. The van der Waals surface area contributed by atoms with Gasteiger partial charge in [-0.3, -0.25) is 9.59 Å². The summed E-state index contributed by atoms with van der Waals surface area (Å²) >= 11 is 0. The van der Waals surface area contributed by atoms with Crippen molar-refractivity contribution >= 4 is 11.8 Å². The van der Waals surface area contributed by atoms with Crippen LogP contribution in [-0.4, -0.2) is 36.9 Å². The predicted molar refractivity (Wildman–Crippen MR) is 76.9 cm³/mol. The average molecular weight is 275 g/mol. The van der Waals surface area contributed by atoms with Crippen LogP contribution in [0.1, 0.15) is 24.0 Å². The van der Waals surface area contributed by atoms with Gasteiger partial charge in [-0.05, 0) is 24.6 Å². The van der Waals surface area contributed by atoms with E-state index in [1.54, 1.807) is 7.05 Å². The Morgan fingerprint density at radius 3 is 2.55 bits per heavy atom. The summed E-state index contributed by atoms with van der Waals surface area (Å²) in [6, 6.07) is 8.03.